The predicted octanol–water partition coefficient (Wildman–Crippen LogP) is 5.06. The summed E-state index contributed by atoms with van der Waals surface area (Å²) in [6.07, 6.45) is 0. The van der Waals surface area contributed by atoms with Gasteiger partial charge in [0.15, 0.2) is 5.13 Å². The molecule has 0 N–H and O–H groups in total. The number of thiazole rings is 1. The van der Waals surface area contributed by atoms with Gasteiger partial charge in [-0.25, -0.2) is 4.98 Å². The van der Waals surface area contributed by atoms with E-state index in [0.29, 0.717) is 33.0 Å². The van der Waals surface area contributed by atoms with Crippen molar-refractivity contribution in [1.29, 1.82) is 0 Å². The zero-order valence-electron chi connectivity index (χ0n) is 17.4. The highest BCUT2D eigenvalue weighted by molar-refractivity contribution is 7.14. The lowest BCUT2D eigenvalue weighted by molar-refractivity contribution is 0.0781. The van der Waals surface area contributed by atoms with Crippen LogP contribution < -0.4 is 4.90 Å². The summed E-state index contributed by atoms with van der Waals surface area (Å²) in [5, 5.41) is 2.91. The maximum Gasteiger partial charge on any atom is 0.273 e. The second-order valence-corrected chi connectivity index (χ2v) is 8.82. The highest BCUT2D eigenvalue weighted by Gasteiger charge is 2.26. The number of carbonyl (C=O) groups is 2. The molecule has 0 saturated heterocycles. The number of aromatic nitrogens is 1. The molecule has 162 valence electrons. The number of benzene rings is 2. The van der Waals surface area contributed by atoms with Crippen LogP contribution in [0.2, 0.25) is 10.0 Å². The Morgan fingerprint density at radius 1 is 0.935 bits per heavy atom. The van der Waals surface area contributed by atoms with E-state index in [1.807, 2.05) is 19.0 Å². The van der Waals surface area contributed by atoms with Gasteiger partial charge in [-0.1, -0.05) is 35.3 Å². The Balaban J connectivity index is 1.95. The Morgan fingerprint density at radius 3 is 2.26 bits per heavy atom. The third-order valence-electron chi connectivity index (χ3n) is 4.52. The number of hydrogen-bond donors (Lipinski definition) is 0. The molecule has 0 spiro atoms. The largest absolute Gasteiger partial charge is 0.339 e. The van der Waals surface area contributed by atoms with Crippen molar-refractivity contribution in [3.05, 3.63) is 75.2 Å². The average Bonchev–Trinajstić information content (AvgIpc) is 3.22. The Kier molecular flexibility index (Phi) is 7.67. The second-order valence-electron chi connectivity index (χ2n) is 7.14. The second kappa shape index (κ2) is 10.2. The number of carbonyl (C=O) groups excluding carboxylic acids is 2. The van der Waals surface area contributed by atoms with E-state index in [2.05, 4.69) is 4.98 Å². The summed E-state index contributed by atoms with van der Waals surface area (Å²) in [5.41, 5.74) is 1.20. The van der Waals surface area contributed by atoms with E-state index >= 15 is 0 Å². The summed E-state index contributed by atoms with van der Waals surface area (Å²) < 4.78 is 0. The van der Waals surface area contributed by atoms with Crippen molar-refractivity contribution in [2.75, 3.05) is 39.1 Å². The smallest absolute Gasteiger partial charge is 0.273 e. The van der Waals surface area contributed by atoms with Crippen molar-refractivity contribution in [1.82, 2.24) is 14.8 Å². The van der Waals surface area contributed by atoms with Gasteiger partial charge in [0, 0.05) is 30.5 Å². The molecular formula is C22H22Cl2N4O2S. The Morgan fingerprint density at radius 2 is 1.61 bits per heavy atom. The standard InChI is InChI=1S/C22H22Cl2N4O2S/c1-26(2)12-13-27(3)21(30)19-14-31-22(25-19)28(16-10-8-15(23)9-11-16)20(29)17-6-4-5-7-18(17)24/h4-11,14H,12-13H2,1-3H3. The topological polar surface area (TPSA) is 56.8 Å². The van der Waals surface area contributed by atoms with Crippen LogP contribution in [0.5, 0.6) is 0 Å². The maximum atomic E-state index is 13.4. The third kappa shape index (κ3) is 5.62. The van der Waals surface area contributed by atoms with Gasteiger partial charge in [0.2, 0.25) is 0 Å². The molecule has 31 heavy (non-hydrogen) atoms. The highest BCUT2D eigenvalue weighted by atomic mass is 35.5. The molecule has 0 atom stereocenters. The molecule has 9 heteroatoms. The molecule has 3 aromatic rings. The molecule has 2 amide bonds. The lowest BCUT2D eigenvalue weighted by Gasteiger charge is -2.21. The first-order chi connectivity index (χ1) is 14.8. The molecule has 3 rings (SSSR count). The summed E-state index contributed by atoms with van der Waals surface area (Å²) in [5.74, 6) is -0.548. The van der Waals surface area contributed by atoms with Crippen molar-refractivity contribution >= 4 is 57.2 Å². The number of rotatable bonds is 7. The highest BCUT2D eigenvalue weighted by Crippen LogP contribution is 2.32. The number of nitrogens with zero attached hydrogens (tertiary/aromatic N) is 4. The van der Waals surface area contributed by atoms with Gasteiger partial charge < -0.3 is 9.80 Å². The number of anilines is 2. The average molecular weight is 477 g/mol. The molecule has 0 saturated carbocycles. The molecular weight excluding hydrogens is 455 g/mol. The van der Waals surface area contributed by atoms with E-state index in [-0.39, 0.29) is 17.5 Å². The maximum absolute atomic E-state index is 13.4. The van der Waals surface area contributed by atoms with E-state index < -0.39 is 0 Å². The molecule has 6 nitrogen and oxygen atoms in total. The first-order valence-corrected chi connectivity index (χ1v) is 11.1. The van der Waals surface area contributed by atoms with Crippen molar-refractivity contribution in [2.45, 2.75) is 0 Å². The van der Waals surface area contributed by atoms with Crippen LogP contribution in [0.4, 0.5) is 10.8 Å². The first-order valence-electron chi connectivity index (χ1n) is 9.48. The van der Waals surface area contributed by atoms with Crippen LogP contribution in [0, 0.1) is 0 Å². The van der Waals surface area contributed by atoms with E-state index in [1.54, 1.807) is 65.9 Å². The first kappa shape index (κ1) is 23.2. The molecule has 0 bridgehead atoms. The molecule has 0 aliphatic rings. The van der Waals surface area contributed by atoms with Crippen LogP contribution in [-0.2, 0) is 0 Å². The number of amides is 2. The normalized spacial score (nSPS) is 10.9. The van der Waals surface area contributed by atoms with Gasteiger partial charge in [0.25, 0.3) is 11.8 Å². The van der Waals surface area contributed by atoms with Gasteiger partial charge in [-0.3, -0.25) is 14.5 Å². The lowest BCUT2D eigenvalue weighted by Crippen LogP contribution is -2.33. The van der Waals surface area contributed by atoms with E-state index in [9.17, 15) is 9.59 Å². The molecule has 0 fully saturated rings. The van der Waals surface area contributed by atoms with Gasteiger partial charge in [0.1, 0.15) is 5.69 Å². The minimum atomic E-state index is -0.345. The minimum Gasteiger partial charge on any atom is -0.339 e. The molecule has 0 aliphatic heterocycles. The Bertz CT molecular complexity index is 1070. The van der Waals surface area contributed by atoms with Gasteiger partial charge in [-0.15, -0.1) is 11.3 Å². The molecule has 1 heterocycles. The van der Waals surface area contributed by atoms with Gasteiger partial charge in [-0.2, -0.15) is 0 Å². The van der Waals surface area contributed by atoms with Crippen LogP contribution in [0.15, 0.2) is 53.9 Å². The fourth-order valence-corrected chi connectivity index (χ4v) is 3.93. The van der Waals surface area contributed by atoms with Gasteiger partial charge >= 0.3 is 0 Å². The van der Waals surface area contributed by atoms with Gasteiger partial charge in [-0.05, 0) is 50.5 Å². The van der Waals surface area contributed by atoms with E-state index in [4.69, 9.17) is 23.2 Å². The predicted molar refractivity (Wildman–Crippen MR) is 127 cm³/mol. The van der Waals surface area contributed by atoms with Crippen molar-refractivity contribution in [3.8, 4) is 0 Å². The fraction of sp³-hybridized carbons (Fsp3) is 0.227. The zero-order chi connectivity index (χ0) is 22.5. The fourth-order valence-electron chi connectivity index (χ4n) is 2.77. The van der Waals surface area contributed by atoms with Crippen LogP contribution in [0.1, 0.15) is 20.8 Å². The molecule has 0 radical (unpaired) electrons. The van der Waals surface area contributed by atoms with Crippen LogP contribution in [0.25, 0.3) is 0 Å². The van der Waals surface area contributed by atoms with Gasteiger partial charge in [0.05, 0.1) is 16.3 Å². The number of halogens is 2. The minimum absolute atomic E-state index is 0.203. The SMILES string of the molecule is CN(C)CCN(C)C(=O)c1csc(N(C(=O)c2ccccc2Cl)c2ccc(Cl)cc2)n1. The summed E-state index contributed by atoms with van der Waals surface area (Å²) >= 11 is 13.5. The van der Waals surface area contributed by atoms with E-state index in [0.717, 1.165) is 6.54 Å². The Labute approximate surface area is 195 Å². The van der Waals surface area contributed by atoms with Crippen LogP contribution >= 0.6 is 34.5 Å². The summed E-state index contributed by atoms with van der Waals surface area (Å²) in [4.78, 5) is 35.7. The summed E-state index contributed by atoms with van der Waals surface area (Å²) in [7, 11) is 5.63. The summed E-state index contributed by atoms with van der Waals surface area (Å²) in [6.45, 7) is 1.30. The zero-order valence-corrected chi connectivity index (χ0v) is 19.7. The monoisotopic (exact) mass is 476 g/mol. The van der Waals surface area contributed by atoms with Crippen molar-refractivity contribution < 1.29 is 9.59 Å². The quantitative estimate of drug-likeness (QED) is 0.477. The summed E-state index contributed by atoms with van der Waals surface area (Å²) in [6, 6.07) is 13.7. The number of hydrogen-bond acceptors (Lipinski definition) is 5. The van der Waals surface area contributed by atoms with Crippen LogP contribution in [0.3, 0.4) is 0 Å². The third-order valence-corrected chi connectivity index (χ3v) is 5.93. The molecule has 0 aliphatic carbocycles. The van der Waals surface area contributed by atoms with Crippen molar-refractivity contribution in [2.24, 2.45) is 0 Å². The Hall–Kier alpha value is -2.45. The van der Waals surface area contributed by atoms with Crippen LogP contribution in [-0.4, -0.2) is 60.8 Å². The molecule has 1 aromatic heterocycles. The van der Waals surface area contributed by atoms with Crippen molar-refractivity contribution in [3.63, 3.8) is 0 Å². The van der Waals surface area contributed by atoms with E-state index in [1.165, 1.54) is 16.2 Å². The molecule has 2 aromatic carbocycles. The number of likely N-dealkylation sites (N-methyl/N-ethyl adjacent to an activating group) is 2. The molecule has 0 unspecified atom stereocenters. The lowest BCUT2D eigenvalue weighted by atomic mass is 10.2.